The lowest BCUT2D eigenvalue weighted by atomic mass is 10.1. The van der Waals surface area contributed by atoms with Gasteiger partial charge in [0.1, 0.15) is 5.82 Å². The average Bonchev–Trinajstić information content (AvgIpc) is 3.04. The molecule has 0 atom stereocenters. The molecule has 0 saturated heterocycles. The summed E-state index contributed by atoms with van der Waals surface area (Å²) in [4.78, 5) is 12.2. The Morgan fingerprint density at radius 1 is 1.21 bits per heavy atom. The topological polar surface area (TPSA) is 51.5 Å². The minimum atomic E-state index is -0.257. The number of ether oxygens (including phenoxy) is 1. The molecule has 1 aromatic heterocycles. The van der Waals surface area contributed by atoms with Crippen molar-refractivity contribution in [1.82, 2.24) is 5.32 Å². The Labute approximate surface area is 139 Å². The number of aryl methyl sites for hydroxylation is 1. The molecule has 0 radical (unpaired) electrons. The minimum absolute atomic E-state index is 0.243. The number of fused-ring (bicyclic) bond motifs is 1. The van der Waals surface area contributed by atoms with E-state index in [1.165, 1.54) is 12.1 Å². The van der Waals surface area contributed by atoms with Gasteiger partial charge in [-0.3, -0.25) is 4.79 Å². The summed E-state index contributed by atoms with van der Waals surface area (Å²) >= 11 is 0. The van der Waals surface area contributed by atoms with Crippen LogP contribution in [0.2, 0.25) is 0 Å². The molecular weight excluding hydrogens is 309 g/mol. The lowest BCUT2D eigenvalue weighted by Gasteiger charge is -2.04. The molecule has 0 bridgehead atoms. The molecule has 2 aromatic carbocycles. The summed E-state index contributed by atoms with van der Waals surface area (Å²) in [5.41, 5.74) is 1.61. The predicted octanol–water partition coefficient (Wildman–Crippen LogP) is 3.94. The zero-order valence-corrected chi connectivity index (χ0v) is 13.3. The summed E-state index contributed by atoms with van der Waals surface area (Å²) in [5, 5.41) is 3.66. The Hall–Kier alpha value is -2.82. The van der Waals surface area contributed by atoms with Crippen molar-refractivity contribution in [3.63, 3.8) is 0 Å². The van der Waals surface area contributed by atoms with Crippen LogP contribution in [0.25, 0.3) is 11.0 Å². The lowest BCUT2D eigenvalue weighted by molar-refractivity contribution is 0.0927. The van der Waals surface area contributed by atoms with Gasteiger partial charge in [0.2, 0.25) is 0 Å². The maximum atomic E-state index is 12.8. The van der Waals surface area contributed by atoms with Crippen molar-refractivity contribution >= 4 is 16.9 Å². The summed E-state index contributed by atoms with van der Waals surface area (Å²) in [7, 11) is 1.56. The molecule has 4 nitrogen and oxygen atoms in total. The van der Waals surface area contributed by atoms with Crippen molar-refractivity contribution in [3.8, 4) is 5.75 Å². The number of methoxy groups -OCH3 is 1. The molecule has 0 fully saturated rings. The highest BCUT2D eigenvalue weighted by molar-refractivity contribution is 5.97. The number of para-hydroxylation sites is 1. The molecule has 1 heterocycles. The predicted molar refractivity (Wildman–Crippen MR) is 89.8 cm³/mol. The zero-order valence-electron chi connectivity index (χ0n) is 13.3. The van der Waals surface area contributed by atoms with Gasteiger partial charge in [0.15, 0.2) is 17.1 Å². The van der Waals surface area contributed by atoms with Gasteiger partial charge in [-0.05, 0) is 42.7 Å². The second kappa shape index (κ2) is 7.17. The normalized spacial score (nSPS) is 10.8. The van der Waals surface area contributed by atoms with Crippen LogP contribution in [-0.2, 0) is 6.42 Å². The van der Waals surface area contributed by atoms with E-state index in [4.69, 9.17) is 9.15 Å². The van der Waals surface area contributed by atoms with E-state index in [1.807, 2.05) is 12.1 Å². The number of nitrogens with one attached hydrogen (secondary N) is 1. The molecule has 5 heteroatoms. The summed E-state index contributed by atoms with van der Waals surface area (Å²) in [5.74, 6) is 0.360. The Balaban J connectivity index is 1.56. The minimum Gasteiger partial charge on any atom is -0.493 e. The highest BCUT2D eigenvalue weighted by atomic mass is 19.1. The average molecular weight is 327 g/mol. The molecule has 3 rings (SSSR count). The van der Waals surface area contributed by atoms with Crippen LogP contribution >= 0.6 is 0 Å². The molecule has 124 valence electrons. The number of rotatable bonds is 6. The fourth-order valence-electron chi connectivity index (χ4n) is 2.54. The lowest BCUT2D eigenvalue weighted by Crippen LogP contribution is -2.24. The van der Waals surface area contributed by atoms with E-state index in [0.717, 1.165) is 23.8 Å². The first-order valence-corrected chi connectivity index (χ1v) is 7.76. The van der Waals surface area contributed by atoms with E-state index in [0.29, 0.717) is 17.9 Å². The summed E-state index contributed by atoms with van der Waals surface area (Å²) in [6, 6.07) is 13.6. The van der Waals surface area contributed by atoms with Crippen LogP contribution in [0, 0.1) is 5.82 Å². The first-order chi connectivity index (χ1) is 11.7. The van der Waals surface area contributed by atoms with Crippen LogP contribution in [0.3, 0.4) is 0 Å². The van der Waals surface area contributed by atoms with Crippen molar-refractivity contribution in [2.45, 2.75) is 12.8 Å². The number of carbonyl (C=O) groups is 1. The maximum Gasteiger partial charge on any atom is 0.287 e. The highest BCUT2D eigenvalue weighted by Crippen LogP contribution is 2.28. The quantitative estimate of drug-likeness (QED) is 0.698. The molecule has 1 amide bonds. The van der Waals surface area contributed by atoms with E-state index in [9.17, 15) is 9.18 Å². The molecule has 0 aliphatic carbocycles. The van der Waals surface area contributed by atoms with Crippen molar-refractivity contribution in [2.75, 3.05) is 13.7 Å². The first kappa shape index (κ1) is 16.1. The van der Waals surface area contributed by atoms with Crippen LogP contribution < -0.4 is 10.1 Å². The molecule has 0 aliphatic heterocycles. The van der Waals surface area contributed by atoms with E-state index in [2.05, 4.69) is 5.32 Å². The van der Waals surface area contributed by atoms with Crippen LogP contribution in [-0.4, -0.2) is 19.6 Å². The number of halogens is 1. The van der Waals surface area contributed by atoms with Gasteiger partial charge in [-0.15, -0.1) is 0 Å². The highest BCUT2D eigenvalue weighted by Gasteiger charge is 2.14. The van der Waals surface area contributed by atoms with Gasteiger partial charge >= 0.3 is 0 Å². The molecule has 3 aromatic rings. The molecule has 1 N–H and O–H groups in total. The summed E-state index contributed by atoms with van der Waals surface area (Å²) in [6.45, 7) is 0.518. The van der Waals surface area contributed by atoms with Gasteiger partial charge in [-0.2, -0.15) is 0 Å². The third-order valence-electron chi connectivity index (χ3n) is 3.79. The van der Waals surface area contributed by atoms with Gasteiger partial charge in [-0.25, -0.2) is 4.39 Å². The number of furan rings is 1. The number of carbonyl (C=O) groups excluding carboxylic acids is 1. The fourth-order valence-corrected chi connectivity index (χ4v) is 2.54. The molecule has 0 saturated carbocycles. The molecule has 0 spiro atoms. The molecule has 0 aliphatic rings. The van der Waals surface area contributed by atoms with E-state index < -0.39 is 0 Å². The Morgan fingerprint density at radius 3 is 2.75 bits per heavy atom. The Morgan fingerprint density at radius 2 is 2.00 bits per heavy atom. The van der Waals surface area contributed by atoms with Crippen LogP contribution in [0.1, 0.15) is 22.5 Å². The fraction of sp³-hybridized carbons (Fsp3) is 0.211. The van der Waals surface area contributed by atoms with Crippen LogP contribution in [0.15, 0.2) is 52.9 Å². The van der Waals surface area contributed by atoms with Gasteiger partial charge in [0.05, 0.1) is 7.11 Å². The smallest absolute Gasteiger partial charge is 0.287 e. The zero-order chi connectivity index (χ0) is 16.9. The van der Waals surface area contributed by atoms with Gasteiger partial charge in [0, 0.05) is 11.9 Å². The van der Waals surface area contributed by atoms with Crippen molar-refractivity contribution < 1.29 is 18.3 Å². The monoisotopic (exact) mass is 327 g/mol. The SMILES string of the molecule is COc1cccc2cc(C(=O)NCCCc3ccc(F)cc3)oc12. The van der Waals surface area contributed by atoms with E-state index in [1.54, 1.807) is 31.4 Å². The summed E-state index contributed by atoms with van der Waals surface area (Å²) < 4.78 is 23.7. The van der Waals surface area contributed by atoms with Crippen LogP contribution in [0.5, 0.6) is 5.75 Å². The second-order valence-electron chi connectivity index (χ2n) is 5.48. The Kier molecular flexibility index (Phi) is 4.79. The van der Waals surface area contributed by atoms with Gasteiger partial charge in [0.25, 0.3) is 5.91 Å². The van der Waals surface area contributed by atoms with E-state index >= 15 is 0 Å². The largest absolute Gasteiger partial charge is 0.493 e. The van der Waals surface area contributed by atoms with Crippen molar-refractivity contribution in [3.05, 3.63) is 65.7 Å². The first-order valence-electron chi connectivity index (χ1n) is 7.76. The molecule has 24 heavy (non-hydrogen) atoms. The number of amides is 1. The molecule has 0 unspecified atom stereocenters. The Bertz CT molecular complexity index is 839. The van der Waals surface area contributed by atoms with Crippen LogP contribution in [0.4, 0.5) is 4.39 Å². The van der Waals surface area contributed by atoms with Crippen molar-refractivity contribution in [2.24, 2.45) is 0 Å². The summed E-state index contributed by atoms with van der Waals surface area (Å²) in [6.07, 6.45) is 1.54. The number of hydrogen-bond acceptors (Lipinski definition) is 3. The van der Waals surface area contributed by atoms with Gasteiger partial charge < -0.3 is 14.5 Å². The third-order valence-corrected chi connectivity index (χ3v) is 3.79. The number of benzene rings is 2. The van der Waals surface area contributed by atoms with E-state index in [-0.39, 0.29) is 17.5 Å². The second-order valence-corrected chi connectivity index (χ2v) is 5.48. The standard InChI is InChI=1S/C19H18FNO3/c1-23-16-6-2-5-14-12-17(24-18(14)16)19(22)21-11-3-4-13-7-9-15(20)10-8-13/h2,5-10,12H,3-4,11H2,1H3,(H,21,22). The third kappa shape index (κ3) is 3.56. The maximum absolute atomic E-state index is 12.8. The van der Waals surface area contributed by atoms with Gasteiger partial charge in [-0.1, -0.05) is 24.3 Å². The molecular formula is C19H18FNO3. The number of hydrogen-bond donors (Lipinski definition) is 1. The van der Waals surface area contributed by atoms with Crippen molar-refractivity contribution in [1.29, 1.82) is 0 Å².